The lowest BCUT2D eigenvalue weighted by Crippen LogP contribution is -3.14. The van der Waals surface area contributed by atoms with Crippen LogP contribution in [-0.4, -0.2) is 32.7 Å². The maximum Gasteiger partial charge on any atom is 0.0949 e. The van der Waals surface area contributed by atoms with Crippen LogP contribution >= 0.6 is 11.6 Å². The summed E-state index contributed by atoms with van der Waals surface area (Å²) in [6.07, 6.45) is 1.26. The van der Waals surface area contributed by atoms with Crippen LogP contribution in [0.2, 0.25) is 5.02 Å². The van der Waals surface area contributed by atoms with Crippen molar-refractivity contribution in [1.29, 1.82) is 0 Å². The number of hydrogen-bond acceptors (Lipinski definition) is 1. The molecule has 0 bridgehead atoms. The summed E-state index contributed by atoms with van der Waals surface area (Å²) in [7, 11) is 0. The van der Waals surface area contributed by atoms with Crippen LogP contribution in [0.3, 0.4) is 0 Å². The lowest BCUT2D eigenvalue weighted by atomic mass is 9.97. The first-order valence-electron chi connectivity index (χ1n) is 8.62. The summed E-state index contributed by atoms with van der Waals surface area (Å²) in [4.78, 5) is 4.14. The van der Waals surface area contributed by atoms with Crippen LogP contribution in [0.25, 0.3) is 0 Å². The fourth-order valence-corrected chi connectivity index (χ4v) is 3.65. The predicted octanol–water partition coefficient (Wildman–Crippen LogP) is 3.24. The minimum atomic E-state index is 0.644. The highest BCUT2D eigenvalue weighted by atomic mass is 35.5. The molecule has 2 aromatic carbocycles. The molecule has 2 nitrogen and oxygen atoms in total. The van der Waals surface area contributed by atoms with Crippen molar-refractivity contribution >= 4 is 17.3 Å². The van der Waals surface area contributed by atoms with Gasteiger partial charge in [0.25, 0.3) is 0 Å². The average molecular weight is 330 g/mol. The Bertz CT molecular complexity index is 606. The summed E-state index contributed by atoms with van der Waals surface area (Å²) < 4.78 is 0. The van der Waals surface area contributed by atoms with Gasteiger partial charge >= 0.3 is 0 Å². The molecule has 23 heavy (non-hydrogen) atoms. The van der Waals surface area contributed by atoms with Crippen molar-refractivity contribution in [1.82, 2.24) is 0 Å². The van der Waals surface area contributed by atoms with Crippen LogP contribution < -0.4 is 9.80 Å². The highest BCUT2D eigenvalue weighted by molar-refractivity contribution is 6.33. The average Bonchev–Trinajstić information content (AvgIpc) is 2.61. The van der Waals surface area contributed by atoms with Gasteiger partial charge in [-0.3, -0.25) is 0 Å². The SMILES string of the molecule is C[C@H](CC[NH+]1CCN(c2ccccc2Cl)CC1)c1ccccc1. The summed E-state index contributed by atoms with van der Waals surface area (Å²) in [6, 6.07) is 19.0. The van der Waals surface area contributed by atoms with Gasteiger partial charge in [-0.25, -0.2) is 0 Å². The quantitative estimate of drug-likeness (QED) is 0.885. The van der Waals surface area contributed by atoms with E-state index in [0.29, 0.717) is 5.92 Å². The molecule has 1 aliphatic rings. The molecule has 3 heteroatoms. The highest BCUT2D eigenvalue weighted by Crippen LogP contribution is 2.24. The van der Waals surface area contributed by atoms with Crippen molar-refractivity contribution in [3.8, 4) is 0 Å². The van der Waals surface area contributed by atoms with Gasteiger partial charge in [0.05, 0.1) is 43.4 Å². The van der Waals surface area contributed by atoms with E-state index < -0.39 is 0 Å². The second kappa shape index (κ2) is 7.85. The van der Waals surface area contributed by atoms with Gasteiger partial charge in [0.1, 0.15) is 0 Å². The van der Waals surface area contributed by atoms with E-state index >= 15 is 0 Å². The minimum absolute atomic E-state index is 0.644. The molecule has 0 saturated carbocycles. The van der Waals surface area contributed by atoms with E-state index in [1.54, 1.807) is 4.90 Å². The summed E-state index contributed by atoms with van der Waals surface area (Å²) in [5.41, 5.74) is 2.65. The number of quaternary nitrogens is 1. The summed E-state index contributed by atoms with van der Waals surface area (Å²) in [5.74, 6) is 0.644. The van der Waals surface area contributed by atoms with E-state index in [-0.39, 0.29) is 0 Å². The van der Waals surface area contributed by atoms with Gasteiger partial charge in [-0.05, 0) is 23.6 Å². The van der Waals surface area contributed by atoms with E-state index in [0.717, 1.165) is 18.1 Å². The maximum atomic E-state index is 6.32. The zero-order chi connectivity index (χ0) is 16.1. The number of rotatable bonds is 5. The van der Waals surface area contributed by atoms with Crippen LogP contribution in [0.1, 0.15) is 24.8 Å². The van der Waals surface area contributed by atoms with Gasteiger partial charge in [0.15, 0.2) is 0 Å². The zero-order valence-corrected chi connectivity index (χ0v) is 14.6. The van der Waals surface area contributed by atoms with Gasteiger partial charge in [0, 0.05) is 6.42 Å². The van der Waals surface area contributed by atoms with E-state index in [1.165, 1.54) is 37.3 Å². The number of hydrogen-bond donors (Lipinski definition) is 1. The second-order valence-electron chi connectivity index (χ2n) is 6.54. The van der Waals surface area contributed by atoms with E-state index in [9.17, 15) is 0 Å². The second-order valence-corrected chi connectivity index (χ2v) is 6.95. The van der Waals surface area contributed by atoms with Crippen molar-refractivity contribution < 1.29 is 4.90 Å². The molecule has 1 N–H and O–H groups in total. The van der Waals surface area contributed by atoms with Gasteiger partial charge < -0.3 is 9.80 Å². The van der Waals surface area contributed by atoms with Gasteiger partial charge in [0.2, 0.25) is 0 Å². The number of nitrogens with one attached hydrogen (secondary N) is 1. The maximum absolute atomic E-state index is 6.32. The number of halogens is 1. The molecule has 0 aliphatic carbocycles. The first-order valence-corrected chi connectivity index (χ1v) is 9.00. The van der Waals surface area contributed by atoms with Crippen molar-refractivity contribution in [3.63, 3.8) is 0 Å². The van der Waals surface area contributed by atoms with Crippen molar-refractivity contribution in [2.75, 3.05) is 37.6 Å². The third-order valence-corrected chi connectivity index (χ3v) is 5.28. The van der Waals surface area contributed by atoms with Crippen LogP contribution in [-0.2, 0) is 0 Å². The van der Waals surface area contributed by atoms with Gasteiger partial charge in [-0.15, -0.1) is 0 Å². The van der Waals surface area contributed by atoms with E-state index in [2.05, 4.69) is 54.3 Å². The topological polar surface area (TPSA) is 7.68 Å². The van der Waals surface area contributed by atoms with Gasteiger partial charge in [-0.2, -0.15) is 0 Å². The Hall–Kier alpha value is -1.51. The number of benzene rings is 2. The van der Waals surface area contributed by atoms with E-state index in [1.807, 2.05) is 12.1 Å². The smallest absolute Gasteiger partial charge is 0.0949 e. The third-order valence-electron chi connectivity index (χ3n) is 4.96. The van der Waals surface area contributed by atoms with Gasteiger partial charge in [-0.1, -0.05) is 61.0 Å². The molecule has 0 spiro atoms. The standard InChI is InChI=1S/C20H25ClN2/c1-17(18-7-3-2-4-8-18)11-12-22-13-15-23(16-14-22)20-10-6-5-9-19(20)21/h2-10,17H,11-16H2,1H3/p+1/t17-/m1/s1. The molecule has 122 valence electrons. The molecule has 1 saturated heterocycles. The molecular formula is C20H26ClN2+. The molecule has 0 amide bonds. The molecule has 1 aliphatic heterocycles. The molecule has 0 unspecified atom stereocenters. The lowest BCUT2D eigenvalue weighted by molar-refractivity contribution is -0.901. The third kappa shape index (κ3) is 4.27. The Morgan fingerprint density at radius 1 is 1.00 bits per heavy atom. The molecule has 1 fully saturated rings. The molecule has 0 radical (unpaired) electrons. The fraction of sp³-hybridized carbons (Fsp3) is 0.400. The predicted molar refractivity (Wildman–Crippen MR) is 98.7 cm³/mol. The summed E-state index contributed by atoms with van der Waals surface area (Å²) >= 11 is 6.32. The lowest BCUT2D eigenvalue weighted by Gasteiger charge is -2.34. The minimum Gasteiger partial charge on any atom is -0.359 e. The van der Waals surface area contributed by atoms with Crippen molar-refractivity contribution in [2.24, 2.45) is 0 Å². The Kier molecular flexibility index (Phi) is 5.58. The van der Waals surface area contributed by atoms with Crippen LogP contribution in [0.5, 0.6) is 0 Å². The Morgan fingerprint density at radius 2 is 1.65 bits per heavy atom. The van der Waals surface area contributed by atoms with Crippen molar-refractivity contribution in [3.05, 3.63) is 65.2 Å². The summed E-state index contributed by atoms with van der Waals surface area (Å²) in [5, 5.41) is 0.869. The Labute approximate surface area is 144 Å². The molecule has 1 atom stereocenters. The molecule has 1 heterocycles. The van der Waals surface area contributed by atoms with Crippen LogP contribution in [0, 0.1) is 0 Å². The Balaban J connectivity index is 1.47. The molecule has 2 aromatic rings. The van der Waals surface area contributed by atoms with Crippen LogP contribution in [0.15, 0.2) is 54.6 Å². The van der Waals surface area contributed by atoms with Crippen molar-refractivity contribution in [2.45, 2.75) is 19.3 Å². The van der Waals surface area contributed by atoms with E-state index in [4.69, 9.17) is 11.6 Å². The van der Waals surface area contributed by atoms with Crippen LogP contribution in [0.4, 0.5) is 5.69 Å². The monoisotopic (exact) mass is 329 g/mol. The highest BCUT2D eigenvalue weighted by Gasteiger charge is 2.21. The molecule has 3 rings (SSSR count). The number of piperazine rings is 1. The largest absolute Gasteiger partial charge is 0.359 e. The zero-order valence-electron chi connectivity index (χ0n) is 13.8. The Morgan fingerprint density at radius 3 is 2.35 bits per heavy atom. The summed E-state index contributed by atoms with van der Waals surface area (Å²) in [6.45, 7) is 8.19. The molecule has 0 aromatic heterocycles. The molecular weight excluding hydrogens is 304 g/mol. The fourth-order valence-electron chi connectivity index (χ4n) is 3.39. The first-order chi connectivity index (χ1) is 11.2. The number of nitrogens with zero attached hydrogens (tertiary/aromatic N) is 1. The normalized spacial score (nSPS) is 17.2. The number of anilines is 1. The first kappa shape index (κ1) is 16.4. The number of para-hydroxylation sites is 1.